The first-order valence-electron chi connectivity index (χ1n) is 4.93. The SMILES string of the molecule is CCSc1ccc(-c2ccco2)nc1C#N. The van der Waals surface area contributed by atoms with Crippen LogP contribution in [0.3, 0.4) is 0 Å². The van der Waals surface area contributed by atoms with Gasteiger partial charge in [-0.1, -0.05) is 6.92 Å². The Balaban J connectivity index is 2.42. The van der Waals surface area contributed by atoms with Gasteiger partial charge in [0.15, 0.2) is 11.5 Å². The molecule has 0 N–H and O–H groups in total. The summed E-state index contributed by atoms with van der Waals surface area (Å²) in [5, 5.41) is 9.01. The highest BCUT2D eigenvalue weighted by molar-refractivity contribution is 7.99. The zero-order chi connectivity index (χ0) is 11.4. The minimum atomic E-state index is 0.459. The van der Waals surface area contributed by atoms with Crippen molar-refractivity contribution in [1.82, 2.24) is 4.98 Å². The average Bonchev–Trinajstić information content (AvgIpc) is 2.83. The third-order valence-electron chi connectivity index (χ3n) is 2.04. The van der Waals surface area contributed by atoms with Crippen molar-refractivity contribution in [1.29, 1.82) is 5.26 Å². The normalized spacial score (nSPS) is 10.0. The Kier molecular flexibility index (Phi) is 3.28. The van der Waals surface area contributed by atoms with Gasteiger partial charge in [0.1, 0.15) is 11.8 Å². The lowest BCUT2D eigenvalue weighted by Gasteiger charge is -2.02. The van der Waals surface area contributed by atoms with Crippen molar-refractivity contribution >= 4 is 11.8 Å². The fourth-order valence-corrected chi connectivity index (χ4v) is 2.06. The smallest absolute Gasteiger partial charge is 0.154 e. The molecule has 16 heavy (non-hydrogen) atoms. The molecule has 0 bridgehead atoms. The van der Waals surface area contributed by atoms with E-state index in [-0.39, 0.29) is 0 Å². The van der Waals surface area contributed by atoms with Gasteiger partial charge in [-0.3, -0.25) is 0 Å². The fourth-order valence-electron chi connectivity index (χ4n) is 1.36. The summed E-state index contributed by atoms with van der Waals surface area (Å²) in [7, 11) is 0. The maximum atomic E-state index is 9.01. The molecular formula is C12H10N2OS. The summed E-state index contributed by atoms with van der Waals surface area (Å²) in [4.78, 5) is 5.19. The maximum absolute atomic E-state index is 9.01. The zero-order valence-electron chi connectivity index (χ0n) is 8.80. The standard InChI is InChI=1S/C12H10N2OS/c1-2-16-12-6-5-9(14-10(12)8-13)11-4-3-7-15-11/h3-7H,2H2,1H3. The van der Waals surface area contributed by atoms with Gasteiger partial charge in [-0.25, -0.2) is 4.98 Å². The topological polar surface area (TPSA) is 49.8 Å². The van der Waals surface area contributed by atoms with Gasteiger partial charge in [-0.15, -0.1) is 11.8 Å². The van der Waals surface area contributed by atoms with Crippen molar-refractivity contribution in [3.63, 3.8) is 0 Å². The van der Waals surface area contributed by atoms with E-state index < -0.39 is 0 Å². The van der Waals surface area contributed by atoms with Crippen LogP contribution >= 0.6 is 11.8 Å². The third kappa shape index (κ3) is 2.10. The minimum Gasteiger partial charge on any atom is -0.463 e. The van der Waals surface area contributed by atoms with Gasteiger partial charge in [0.2, 0.25) is 0 Å². The molecule has 0 radical (unpaired) electrons. The van der Waals surface area contributed by atoms with Crippen LogP contribution in [0.4, 0.5) is 0 Å². The van der Waals surface area contributed by atoms with Crippen molar-refractivity contribution < 1.29 is 4.42 Å². The predicted molar refractivity (Wildman–Crippen MR) is 63.1 cm³/mol. The van der Waals surface area contributed by atoms with Gasteiger partial charge in [0.05, 0.1) is 6.26 Å². The molecule has 0 fully saturated rings. The summed E-state index contributed by atoms with van der Waals surface area (Å²) < 4.78 is 5.24. The first kappa shape index (κ1) is 10.8. The molecule has 0 saturated carbocycles. The van der Waals surface area contributed by atoms with Crippen LogP contribution in [0, 0.1) is 11.3 Å². The lowest BCUT2D eigenvalue weighted by molar-refractivity contribution is 0.580. The molecule has 0 aliphatic carbocycles. The molecule has 2 aromatic rings. The summed E-state index contributed by atoms with van der Waals surface area (Å²) in [6.07, 6.45) is 1.60. The first-order chi connectivity index (χ1) is 7.85. The number of nitrogens with zero attached hydrogens (tertiary/aromatic N) is 2. The maximum Gasteiger partial charge on any atom is 0.154 e. The molecule has 0 amide bonds. The van der Waals surface area contributed by atoms with E-state index in [0.717, 1.165) is 10.6 Å². The van der Waals surface area contributed by atoms with Crippen LogP contribution in [-0.2, 0) is 0 Å². The molecule has 0 atom stereocenters. The molecule has 2 aromatic heterocycles. The van der Waals surface area contributed by atoms with Gasteiger partial charge < -0.3 is 4.42 Å². The molecule has 0 aliphatic rings. The van der Waals surface area contributed by atoms with Crippen LogP contribution in [0.25, 0.3) is 11.5 Å². The van der Waals surface area contributed by atoms with Crippen molar-refractivity contribution in [2.75, 3.05) is 5.75 Å². The number of nitriles is 1. The first-order valence-corrected chi connectivity index (χ1v) is 5.91. The summed E-state index contributed by atoms with van der Waals surface area (Å²) in [5.74, 6) is 1.61. The van der Waals surface area contributed by atoms with E-state index in [1.165, 1.54) is 0 Å². The second kappa shape index (κ2) is 4.86. The molecule has 80 valence electrons. The Bertz CT molecular complexity index is 514. The van der Waals surface area contributed by atoms with E-state index in [4.69, 9.17) is 9.68 Å². The van der Waals surface area contributed by atoms with Crippen LogP contribution in [0.2, 0.25) is 0 Å². The number of aromatic nitrogens is 1. The molecule has 2 rings (SSSR count). The molecule has 0 aliphatic heterocycles. The van der Waals surface area contributed by atoms with E-state index >= 15 is 0 Å². The van der Waals surface area contributed by atoms with Gasteiger partial charge in [-0.05, 0) is 30.0 Å². The number of furan rings is 1. The Morgan fingerprint density at radius 1 is 1.44 bits per heavy atom. The number of pyridine rings is 1. The average molecular weight is 230 g/mol. The summed E-state index contributed by atoms with van der Waals surface area (Å²) in [6.45, 7) is 2.05. The fraction of sp³-hybridized carbons (Fsp3) is 0.167. The molecule has 0 aromatic carbocycles. The van der Waals surface area contributed by atoms with Crippen LogP contribution in [0.15, 0.2) is 39.8 Å². The highest BCUT2D eigenvalue weighted by atomic mass is 32.2. The third-order valence-corrected chi connectivity index (χ3v) is 2.97. The molecule has 2 heterocycles. The van der Waals surface area contributed by atoms with Gasteiger partial charge >= 0.3 is 0 Å². The Hall–Kier alpha value is -1.73. The zero-order valence-corrected chi connectivity index (χ0v) is 9.62. The lowest BCUT2D eigenvalue weighted by Crippen LogP contribution is -1.90. The Morgan fingerprint density at radius 3 is 2.94 bits per heavy atom. The van der Waals surface area contributed by atoms with Crippen LogP contribution < -0.4 is 0 Å². The minimum absolute atomic E-state index is 0.459. The van der Waals surface area contributed by atoms with Crippen molar-refractivity contribution in [3.8, 4) is 17.5 Å². The molecular weight excluding hydrogens is 220 g/mol. The summed E-state index contributed by atoms with van der Waals surface area (Å²) in [6, 6.07) is 9.53. The lowest BCUT2D eigenvalue weighted by atomic mass is 10.2. The van der Waals surface area contributed by atoms with Crippen LogP contribution in [-0.4, -0.2) is 10.7 Å². The number of hydrogen-bond donors (Lipinski definition) is 0. The van der Waals surface area contributed by atoms with E-state index in [1.54, 1.807) is 24.1 Å². The molecule has 4 heteroatoms. The second-order valence-corrected chi connectivity index (χ2v) is 4.37. The predicted octanol–water partition coefficient (Wildman–Crippen LogP) is 3.33. The largest absolute Gasteiger partial charge is 0.463 e. The monoisotopic (exact) mass is 230 g/mol. The highest BCUT2D eigenvalue weighted by Crippen LogP contribution is 2.25. The molecule has 3 nitrogen and oxygen atoms in total. The van der Waals surface area contributed by atoms with Gasteiger partial charge in [0.25, 0.3) is 0 Å². The van der Waals surface area contributed by atoms with E-state index in [2.05, 4.69) is 11.1 Å². The van der Waals surface area contributed by atoms with E-state index in [9.17, 15) is 0 Å². The second-order valence-electron chi connectivity index (χ2n) is 3.07. The van der Waals surface area contributed by atoms with E-state index in [0.29, 0.717) is 17.1 Å². The molecule has 0 saturated heterocycles. The Labute approximate surface area is 98.1 Å². The highest BCUT2D eigenvalue weighted by Gasteiger charge is 2.08. The van der Waals surface area contributed by atoms with Crippen LogP contribution in [0.5, 0.6) is 0 Å². The van der Waals surface area contributed by atoms with Gasteiger partial charge in [0, 0.05) is 4.90 Å². The number of hydrogen-bond acceptors (Lipinski definition) is 4. The van der Waals surface area contributed by atoms with Crippen LogP contribution in [0.1, 0.15) is 12.6 Å². The number of rotatable bonds is 3. The quantitative estimate of drug-likeness (QED) is 0.759. The van der Waals surface area contributed by atoms with Gasteiger partial charge in [-0.2, -0.15) is 5.26 Å². The van der Waals surface area contributed by atoms with Crippen molar-refractivity contribution in [3.05, 3.63) is 36.2 Å². The number of thioether (sulfide) groups is 1. The van der Waals surface area contributed by atoms with E-state index in [1.807, 2.05) is 25.1 Å². The molecule has 0 unspecified atom stereocenters. The summed E-state index contributed by atoms with van der Waals surface area (Å²) in [5.41, 5.74) is 1.16. The molecule has 0 spiro atoms. The van der Waals surface area contributed by atoms with Crippen molar-refractivity contribution in [2.45, 2.75) is 11.8 Å². The Morgan fingerprint density at radius 2 is 2.31 bits per heavy atom. The van der Waals surface area contributed by atoms with Crippen molar-refractivity contribution in [2.24, 2.45) is 0 Å². The summed E-state index contributed by atoms with van der Waals surface area (Å²) >= 11 is 1.62.